The van der Waals surface area contributed by atoms with Crippen LogP contribution >= 0.6 is 0 Å². The van der Waals surface area contributed by atoms with E-state index in [0.717, 1.165) is 26.2 Å². The van der Waals surface area contributed by atoms with Crippen LogP contribution in [0, 0.1) is 21.4 Å². The third kappa shape index (κ3) is 4.04. The number of hydrogen-bond acceptors (Lipinski definition) is 6. The van der Waals surface area contributed by atoms with Gasteiger partial charge in [0, 0.05) is 50.2 Å². The average Bonchev–Trinajstić information content (AvgIpc) is 2.53. The van der Waals surface area contributed by atoms with Gasteiger partial charge in [0.2, 0.25) is 0 Å². The number of carbonyl (C=O) groups is 1. The summed E-state index contributed by atoms with van der Waals surface area (Å²) in [5, 5.41) is 25.5. The fourth-order valence-electron chi connectivity index (χ4n) is 2.03. The normalized spacial score (nSPS) is 15.0. The largest absolute Gasteiger partial charge is 0.374 e. The molecule has 1 aromatic carbocycles. The van der Waals surface area contributed by atoms with Crippen molar-refractivity contribution in [3.05, 3.63) is 46.2 Å². The van der Waals surface area contributed by atoms with Gasteiger partial charge in [-0.25, -0.2) is 0 Å². The maximum Gasteiger partial charge on any atom is 0.271 e. The van der Waals surface area contributed by atoms with Crippen LogP contribution in [0.25, 0.3) is 0 Å². The Balaban J connectivity index is 2.09. The van der Waals surface area contributed by atoms with E-state index in [9.17, 15) is 14.9 Å². The Morgan fingerprint density at radius 3 is 2.82 bits per heavy atom. The maximum absolute atomic E-state index is 12.1. The molecule has 8 heteroatoms. The smallest absolute Gasteiger partial charge is 0.271 e. The summed E-state index contributed by atoms with van der Waals surface area (Å²) in [6.45, 7) is 3.02. The van der Waals surface area contributed by atoms with Crippen LogP contribution in [0.15, 0.2) is 36.0 Å². The first-order chi connectivity index (χ1) is 10.6. The molecule has 1 fully saturated rings. The van der Waals surface area contributed by atoms with Crippen molar-refractivity contribution in [2.75, 3.05) is 31.5 Å². The minimum Gasteiger partial charge on any atom is -0.374 e. The Morgan fingerprint density at radius 1 is 1.45 bits per heavy atom. The highest BCUT2D eigenvalue weighted by Gasteiger charge is 2.14. The molecule has 0 aliphatic carbocycles. The molecule has 0 saturated carbocycles. The highest BCUT2D eigenvalue weighted by molar-refractivity contribution is 6.06. The summed E-state index contributed by atoms with van der Waals surface area (Å²) < 4.78 is 0. The third-order valence-electron chi connectivity index (χ3n) is 3.14. The number of nitro benzene ring substituents is 1. The first-order valence-electron chi connectivity index (χ1n) is 6.72. The van der Waals surface area contributed by atoms with Gasteiger partial charge in [-0.2, -0.15) is 5.26 Å². The number of nitrogens with zero attached hydrogens (tertiary/aromatic N) is 3. The SMILES string of the molecule is N#C/C(=C/N1CCNCC1)C(=O)Nc1cccc([N+](=O)[O-])c1. The molecule has 1 aliphatic rings. The molecular formula is C14H15N5O3. The number of nitrogens with one attached hydrogen (secondary N) is 2. The van der Waals surface area contributed by atoms with E-state index in [-0.39, 0.29) is 16.9 Å². The molecule has 114 valence electrons. The molecule has 2 rings (SSSR count). The van der Waals surface area contributed by atoms with Crippen LogP contribution in [0.3, 0.4) is 0 Å². The van der Waals surface area contributed by atoms with Gasteiger partial charge in [-0.1, -0.05) is 6.07 Å². The monoisotopic (exact) mass is 301 g/mol. The fraction of sp³-hybridized carbons (Fsp3) is 0.286. The lowest BCUT2D eigenvalue weighted by Crippen LogP contribution is -2.41. The number of nitriles is 1. The van der Waals surface area contributed by atoms with Crippen LogP contribution in [0.5, 0.6) is 0 Å². The van der Waals surface area contributed by atoms with Crippen LogP contribution < -0.4 is 10.6 Å². The van der Waals surface area contributed by atoms with Gasteiger partial charge in [0.05, 0.1) is 4.92 Å². The van der Waals surface area contributed by atoms with Crippen molar-refractivity contribution in [2.24, 2.45) is 0 Å². The molecular weight excluding hydrogens is 286 g/mol. The van der Waals surface area contributed by atoms with Crippen LogP contribution in [-0.4, -0.2) is 41.9 Å². The molecule has 1 saturated heterocycles. The fourth-order valence-corrected chi connectivity index (χ4v) is 2.03. The van der Waals surface area contributed by atoms with E-state index in [1.807, 2.05) is 11.0 Å². The van der Waals surface area contributed by atoms with Crippen molar-refractivity contribution in [1.82, 2.24) is 10.2 Å². The lowest BCUT2D eigenvalue weighted by molar-refractivity contribution is -0.384. The summed E-state index contributed by atoms with van der Waals surface area (Å²) in [6, 6.07) is 7.44. The van der Waals surface area contributed by atoms with Crippen molar-refractivity contribution in [2.45, 2.75) is 0 Å². The summed E-state index contributed by atoms with van der Waals surface area (Å²) in [5.74, 6) is -0.582. The average molecular weight is 301 g/mol. The van der Waals surface area contributed by atoms with Gasteiger partial charge in [0.25, 0.3) is 11.6 Å². The summed E-state index contributed by atoms with van der Waals surface area (Å²) in [4.78, 5) is 24.1. The van der Waals surface area contributed by atoms with E-state index in [2.05, 4.69) is 10.6 Å². The Hall–Kier alpha value is -2.92. The standard InChI is InChI=1S/C14H15N5O3/c15-9-11(10-18-6-4-16-5-7-18)14(20)17-12-2-1-3-13(8-12)19(21)22/h1-3,8,10,16H,4-7H2,(H,17,20)/b11-10-. The molecule has 0 aromatic heterocycles. The van der Waals surface area contributed by atoms with Crippen molar-refractivity contribution in [1.29, 1.82) is 5.26 Å². The minimum absolute atomic E-state index is 0.0339. The topological polar surface area (TPSA) is 111 Å². The molecule has 2 N–H and O–H groups in total. The minimum atomic E-state index is -0.582. The molecule has 0 bridgehead atoms. The van der Waals surface area contributed by atoms with E-state index >= 15 is 0 Å². The lowest BCUT2D eigenvalue weighted by atomic mass is 10.2. The zero-order valence-electron chi connectivity index (χ0n) is 11.8. The first kappa shape index (κ1) is 15.5. The van der Waals surface area contributed by atoms with Gasteiger partial charge in [0.15, 0.2) is 0 Å². The number of rotatable bonds is 4. The zero-order chi connectivity index (χ0) is 15.9. The molecule has 0 spiro atoms. The predicted molar refractivity (Wildman–Crippen MR) is 79.9 cm³/mol. The van der Waals surface area contributed by atoms with Gasteiger partial charge in [-0.15, -0.1) is 0 Å². The van der Waals surface area contributed by atoms with Crippen molar-refractivity contribution >= 4 is 17.3 Å². The molecule has 0 radical (unpaired) electrons. The van der Waals surface area contributed by atoms with E-state index in [1.54, 1.807) is 0 Å². The van der Waals surface area contributed by atoms with Crippen LogP contribution in [-0.2, 0) is 4.79 Å². The number of non-ortho nitro benzene ring substituents is 1. The number of nitro groups is 1. The summed E-state index contributed by atoms with van der Waals surface area (Å²) in [7, 11) is 0. The second kappa shape index (κ2) is 7.19. The van der Waals surface area contributed by atoms with Crippen molar-refractivity contribution in [3.63, 3.8) is 0 Å². The molecule has 1 heterocycles. The van der Waals surface area contributed by atoms with Gasteiger partial charge >= 0.3 is 0 Å². The molecule has 1 aromatic rings. The van der Waals surface area contributed by atoms with Crippen LogP contribution in [0.4, 0.5) is 11.4 Å². The van der Waals surface area contributed by atoms with Crippen LogP contribution in [0.1, 0.15) is 0 Å². The van der Waals surface area contributed by atoms with Gasteiger partial charge in [0.1, 0.15) is 11.6 Å². The van der Waals surface area contributed by atoms with Gasteiger partial charge < -0.3 is 15.5 Å². The first-order valence-corrected chi connectivity index (χ1v) is 6.72. The molecule has 1 amide bonds. The molecule has 0 unspecified atom stereocenters. The number of piperazine rings is 1. The van der Waals surface area contributed by atoms with E-state index in [0.29, 0.717) is 0 Å². The van der Waals surface area contributed by atoms with Crippen molar-refractivity contribution < 1.29 is 9.72 Å². The molecule has 1 aliphatic heterocycles. The Bertz CT molecular complexity index is 644. The van der Waals surface area contributed by atoms with Gasteiger partial charge in [-0.3, -0.25) is 14.9 Å². The molecule has 22 heavy (non-hydrogen) atoms. The zero-order valence-corrected chi connectivity index (χ0v) is 11.8. The Labute approximate surface area is 127 Å². The molecule has 8 nitrogen and oxygen atoms in total. The predicted octanol–water partition coefficient (Wildman–Crippen LogP) is 0.846. The highest BCUT2D eigenvalue weighted by Crippen LogP contribution is 2.17. The number of benzene rings is 1. The quantitative estimate of drug-likeness (QED) is 0.369. The molecule has 0 atom stereocenters. The number of hydrogen-bond donors (Lipinski definition) is 2. The second-order valence-electron chi connectivity index (χ2n) is 4.70. The maximum atomic E-state index is 12.1. The number of amides is 1. The third-order valence-corrected chi connectivity index (χ3v) is 3.14. The summed E-state index contributed by atoms with van der Waals surface area (Å²) in [6.07, 6.45) is 1.52. The van der Waals surface area contributed by atoms with Crippen LogP contribution in [0.2, 0.25) is 0 Å². The summed E-state index contributed by atoms with van der Waals surface area (Å²) in [5.41, 5.74) is 0.122. The summed E-state index contributed by atoms with van der Waals surface area (Å²) >= 11 is 0. The van der Waals surface area contributed by atoms with E-state index < -0.39 is 10.8 Å². The lowest BCUT2D eigenvalue weighted by Gasteiger charge is -2.25. The van der Waals surface area contributed by atoms with Crippen molar-refractivity contribution in [3.8, 4) is 6.07 Å². The number of anilines is 1. The Morgan fingerprint density at radius 2 is 2.18 bits per heavy atom. The highest BCUT2D eigenvalue weighted by atomic mass is 16.6. The van der Waals surface area contributed by atoms with E-state index in [1.165, 1.54) is 30.5 Å². The second-order valence-corrected chi connectivity index (χ2v) is 4.70. The Kier molecular flexibility index (Phi) is 5.06. The van der Waals surface area contributed by atoms with Gasteiger partial charge in [-0.05, 0) is 6.07 Å². The number of carbonyl (C=O) groups excluding carboxylic acids is 1. The van der Waals surface area contributed by atoms with E-state index in [4.69, 9.17) is 5.26 Å².